The lowest BCUT2D eigenvalue weighted by atomic mass is 9.93. The Morgan fingerprint density at radius 1 is 1.50 bits per heavy atom. The predicted octanol–water partition coefficient (Wildman–Crippen LogP) is 4.01. The monoisotopic (exact) mass is 165 g/mol. The van der Waals surface area contributed by atoms with E-state index in [2.05, 4.69) is 53.3 Å². The van der Waals surface area contributed by atoms with Gasteiger partial charge in [0, 0.05) is 0 Å². The normalized spacial score (nSPS) is 15.1. The van der Waals surface area contributed by atoms with Crippen LogP contribution in [0.2, 0.25) is 0 Å². The van der Waals surface area contributed by atoms with Crippen molar-refractivity contribution in [2.24, 2.45) is 11.3 Å². The second-order valence-electron chi connectivity index (χ2n) is 4.49. The van der Waals surface area contributed by atoms with E-state index in [9.17, 15) is 0 Å². The van der Waals surface area contributed by atoms with E-state index in [1.54, 1.807) is 0 Å². The van der Waals surface area contributed by atoms with Crippen LogP contribution in [0.1, 0.15) is 34.1 Å². The molecular formula is C12H21. The lowest BCUT2D eigenvalue weighted by Gasteiger charge is -2.13. The average Bonchev–Trinajstić information content (AvgIpc) is 1.80. The zero-order chi connectivity index (χ0) is 9.78. The summed E-state index contributed by atoms with van der Waals surface area (Å²) in [6, 6.07) is 0. The van der Waals surface area contributed by atoms with Gasteiger partial charge in [-0.15, -0.1) is 6.58 Å². The standard InChI is InChI=1S/C12H21/c1-10(2)9-11(3)7-8-12(4,5)6/h7-8,11H,1,4,9H2,2-3,5-6H3. The minimum absolute atomic E-state index is 0.0589. The predicted molar refractivity (Wildman–Crippen MR) is 56.9 cm³/mol. The summed E-state index contributed by atoms with van der Waals surface area (Å²) in [5.41, 5.74) is 1.30. The Kier molecular flexibility index (Phi) is 4.30. The molecule has 0 aliphatic rings. The molecule has 0 heteroatoms. The molecule has 0 rings (SSSR count). The van der Waals surface area contributed by atoms with Crippen molar-refractivity contribution in [2.45, 2.75) is 34.1 Å². The van der Waals surface area contributed by atoms with Crippen molar-refractivity contribution in [3.05, 3.63) is 31.2 Å². The van der Waals surface area contributed by atoms with Crippen molar-refractivity contribution in [3.63, 3.8) is 0 Å². The highest BCUT2D eigenvalue weighted by molar-refractivity contribution is 5.02. The summed E-state index contributed by atoms with van der Waals surface area (Å²) in [5.74, 6) is 0.587. The minimum Gasteiger partial charge on any atom is -0.100 e. The van der Waals surface area contributed by atoms with E-state index < -0.39 is 0 Å². The summed E-state index contributed by atoms with van der Waals surface area (Å²) >= 11 is 0. The molecule has 0 nitrogen and oxygen atoms in total. The first-order chi connectivity index (χ1) is 5.31. The zero-order valence-corrected chi connectivity index (χ0v) is 8.85. The Morgan fingerprint density at radius 3 is 2.33 bits per heavy atom. The number of allylic oxidation sites excluding steroid dienone is 3. The van der Waals surface area contributed by atoms with E-state index in [1.807, 2.05) is 0 Å². The van der Waals surface area contributed by atoms with Gasteiger partial charge in [-0.3, -0.25) is 0 Å². The Labute approximate surface area is 77.4 Å². The van der Waals surface area contributed by atoms with E-state index in [4.69, 9.17) is 0 Å². The molecule has 69 valence electrons. The highest BCUT2D eigenvalue weighted by atomic mass is 14.1. The van der Waals surface area contributed by atoms with Crippen LogP contribution in [0.5, 0.6) is 0 Å². The first kappa shape index (κ1) is 11.5. The molecule has 0 spiro atoms. The van der Waals surface area contributed by atoms with Crippen molar-refractivity contribution >= 4 is 0 Å². The molecule has 0 saturated heterocycles. The molecular weight excluding hydrogens is 144 g/mol. The smallest absolute Gasteiger partial charge is 0.0174 e. The molecule has 0 aromatic carbocycles. The Bertz CT molecular complexity index is 167. The fourth-order valence-corrected chi connectivity index (χ4v) is 1.04. The SMILES string of the molecule is [CH2]C(C)(C)C=CC(C)CC(=C)C. The summed E-state index contributed by atoms with van der Waals surface area (Å²) < 4.78 is 0. The van der Waals surface area contributed by atoms with Crippen molar-refractivity contribution in [1.82, 2.24) is 0 Å². The third kappa shape index (κ3) is 7.59. The van der Waals surface area contributed by atoms with Gasteiger partial charge in [-0.05, 0) is 31.6 Å². The van der Waals surface area contributed by atoms with Gasteiger partial charge >= 0.3 is 0 Å². The Balaban J connectivity index is 3.91. The highest BCUT2D eigenvalue weighted by Crippen LogP contribution is 2.17. The molecule has 0 N–H and O–H groups in total. The Hall–Kier alpha value is -0.520. The molecule has 0 saturated carbocycles. The summed E-state index contributed by atoms with van der Waals surface area (Å²) in [4.78, 5) is 0. The molecule has 12 heavy (non-hydrogen) atoms. The van der Waals surface area contributed by atoms with Gasteiger partial charge in [0.1, 0.15) is 0 Å². The summed E-state index contributed by atoms with van der Waals surface area (Å²) in [6.45, 7) is 16.4. The maximum Gasteiger partial charge on any atom is -0.0174 e. The molecule has 1 unspecified atom stereocenters. The molecule has 0 heterocycles. The van der Waals surface area contributed by atoms with Gasteiger partial charge in [-0.2, -0.15) is 0 Å². The van der Waals surface area contributed by atoms with Crippen LogP contribution in [-0.2, 0) is 0 Å². The summed E-state index contributed by atoms with van der Waals surface area (Å²) in [7, 11) is 0. The van der Waals surface area contributed by atoms with E-state index in [0.717, 1.165) is 6.42 Å². The van der Waals surface area contributed by atoms with Crippen molar-refractivity contribution in [3.8, 4) is 0 Å². The molecule has 1 atom stereocenters. The van der Waals surface area contributed by atoms with Gasteiger partial charge in [0.25, 0.3) is 0 Å². The van der Waals surface area contributed by atoms with Crippen LogP contribution in [0.15, 0.2) is 24.3 Å². The van der Waals surface area contributed by atoms with Gasteiger partial charge in [0.05, 0.1) is 0 Å². The van der Waals surface area contributed by atoms with E-state index >= 15 is 0 Å². The average molecular weight is 165 g/mol. The van der Waals surface area contributed by atoms with Gasteiger partial charge in [0.2, 0.25) is 0 Å². The number of rotatable bonds is 4. The summed E-state index contributed by atoms with van der Waals surface area (Å²) in [5, 5.41) is 0. The molecule has 1 radical (unpaired) electrons. The second kappa shape index (κ2) is 4.49. The van der Waals surface area contributed by atoms with Crippen LogP contribution in [0, 0.1) is 18.3 Å². The van der Waals surface area contributed by atoms with Crippen molar-refractivity contribution in [1.29, 1.82) is 0 Å². The van der Waals surface area contributed by atoms with Gasteiger partial charge < -0.3 is 0 Å². The number of hydrogen-bond acceptors (Lipinski definition) is 0. The second-order valence-corrected chi connectivity index (χ2v) is 4.49. The largest absolute Gasteiger partial charge is 0.100 e. The lowest BCUT2D eigenvalue weighted by molar-refractivity contribution is 0.605. The topological polar surface area (TPSA) is 0 Å². The highest BCUT2D eigenvalue weighted by Gasteiger charge is 2.05. The van der Waals surface area contributed by atoms with Gasteiger partial charge in [0.15, 0.2) is 0 Å². The molecule has 0 bridgehead atoms. The molecule has 0 aromatic heterocycles. The lowest BCUT2D eigenvalue weighted by Crippen LogP contribution is -2.01. The maximum atomic E-state index is 4.01. The first-order valence-electron chi connectivity index (χ1n) is 4.50. The molecule has 0 aromatic rings. The van der Waals surface area contributed by atoms with Crippen LogP contribution in [-0.4, -0.2) is 0 Å². The third-order valence-electron chi connectivity index (χ3n) is 1.55. The molecule has 0 aliphatic heterocycles. The Morgan fingerprint density at radius 2 is 2.00 bits per heavy atom. The fraction of sp³-hybridized carbons (Fsp3) is 0.583. The zero-order valence-electron chi connectivity index (χ0n) is 8.85. The molecule has 0 amide bonds. The van der Waals surface area contributed by atoms with Gasteiger partial charge in [-0.1, -0.05) is 38.5 Å². The quantitative estimate of drug-likeness (QED) is 0.552. The van der Waals surface area contributed by atoms with E-state index in [0.29, 0.717) is 5.92 Å². The number of hydrogen-bond donors (Lipinski definition) is 0. The van der Waals surface area contributed by atoms with Crippen LogP contribution in [0.3, 0.4) is 0 Å². The van der Waals surface area contributed by atoms with Crippen molar-refractivity contribution < 1.29 is 0 Å². The minimum atomic E-state index is 0.0589. The maximum absolute atomic E-state index is 4.01. The van der Waals surface area contributed by atoms with Crippen molar-refractivity contribution in [2.75, 3.05) is 0 Å². The van der Waals surface area contributed by atoms with E-state index in [-0.39, 0.29) is 5.41 Å². The first-order valence-corrected chi connectivity index (χ1v) is 4.50. The molecule has 0 aliphatic carbocycles. The van der Waals surface area contributed by atoms with Crippen LogP contribution in [0.25, 0.3) is 0 Å². The van der Waals surface area contributed by atoms with Gasteiger partial charge in [-0.25, -0.2) is 0 Å². The fourth-order valence-electron chi connectivity index (χ4n) is 1.04. The summed E-state index contributed by atoms with van der Waals surface area (Å²) in [6.07, 6.45) is 5.47. The van der Waals surface area contributed by atoms with Crippen LogP contribution in [0.4, 0.5) is 0 Å². The molecule has 0 fully saturated rings. The van der Waals surface area contributed by atoms with Crippen LogP contribution < -0.4 is 0 Å². The van der Waals surface area contributed by atoms with Crippen LogP contribution >= 0.6 is 0 Å². The third-order valence-corrected chi connectivity index (χ3v) is 1.55. The van der Waals surface area contributed by atoms with E-state index in [1.165, 1.54) is 5.57 Å².